The Morgan fingerprint density at radius 3 is 2.69 bits per heavy atom. The van der Waals surface area contributed by atoms with Crippen LogP contribution in [0.3, 0.4) is 0 Å². The summed E-state index contributed by atoms with van der Waals surface area (Å²) >= 11 is 0. The number of aromatic nitrogens is 1. The van der Waals surface area contributed by atoms with E-state index in [1.807, 2.05) is 18.2 Å². The third-order valence-corrected chi connectivity index (χ3v) is 2.24. The van der Waals surface area contributed by atoms with Gasteiger partial charge in [0.15, 0.2) is 0 Å². The molecular weight excluding hydrogens is 162 g/mol. The predicted octanol–water partition coefficient (Wildman–Crippen LogP) is 2.08. The lowest BCUT2D eigenvalue weighted by Gasteiger charge is -2.03. The molecule has 0 bridgehead atoms. The van der Waals surface area contributed by atoms with Gasteiger partial charge in [-0.05, 0) is 36.5 Å². The summed E-state index contributed by atoms with van der Waals surface area (Å²) < 4.78 is 0. The van der Waals surface area contributed by atoms with E-state index in [-0.39, 0.29) is 0 Å². The van der Waals surface area contributed by atoms with Gasteiger partial charge in [0.05, 0.1) is 6.10 Å². The van der Waals surface area contributed by atoms with E-state index < -0.39 is 6.10 Å². The van der Waals surface area contributed by atoms with Gasteiger partial charge in [-0.15, -0.1) is 0 Å². The zero-order valence-electron chi connectivity index (χ0n) is 7.43. The van der Waals surface area contributed by atoms with Gasteiger partial charge in [-0.3, -0.25) is 4.98 Å². The Bertz CT molecular complexity index is 290. The van der Waals surface area contributed by atoms with Crippen LogP contribution in [-0.4, -0.2) is 10.1 Å². The largest absolute Gasteiger partial charge is 0.384 e. The summed E-state index contributed by atoms with van der Waals surface area (Å²) in [6.45, 7) is 0. The molecular formula is C11H13NO. The van der Waals surface area contributed by atoms with Crippen LogP contribution in [0.15, 0.2) is 36.7 Å². The smallest absolute Gasteiger partial charge is 0.0972 e. The second kappa shape index (κ2) is 3.71. The first-order valence-corrected chi connectivity index (χ1v) is 4.62. The van der Waals surface area contributed by atoms with Crippen molar-refractivity contribution in [2.24, 2.45) is 5.92 Å². The van der Waals surface area contributed by atoms with Gasteiger partial charge in [0.25, 0.3) is 0 Å². The van der Waals surface area contributed by atoms with Gasteiger partial charge in [-0.1, -0.05) is 12.2 Å². The van der Waals surface area contributed by atoms with Crippen LogP contribution in [0.4, 0.5) is 0 Å². The van der Waals surface area contributed by atoms with Crippen molar-refractivity contribution >= 4 is 0 Å². The minimum atomic E-state index is -0.469. The number of pyridine rings is 1. The first-order valence-electron chi connectivity index (χ1n) is 4.62. The maximum absolute atomic E-state index is 9.68. The van der Waals surface area contributed by atoms with Crippen LogP contribution in [-0.2, 0) is 0 Å². The van der Waals surface area contributed by atoms with Crippen LogP contribution in [0.1, 0.15) is 24.5 Å². The van der Waals surface area contributed by atoms with E-state index in [2.05, 4.69) is 11.1 Å². The molecule has 1 fully saturated rings. The standard InChI is InChI=1S/C11H13NO/c13-11(4-3-9-1-2-9)10-5-7-12-8-6-10/h3-9,11,13H,1-2H2/b4-3+. The summed E-state index contributed by atoms with van der Waals surface area (Å²) in [5, 5.41) is 9.68. The Morgan fingerprint density at radius 2 is 2.08 bits per heavy atom. The third kappa shape index (κ3) is 2.39. The van der Waals surface area contributed by atoms with Gasteiger partial charge in [0, 0.05) is 12.4 Å². The van der Waals surface area contributed by atoms with Crippen LogP contribution in [0.2, 0.25) is 0 Å². The fraction of sp³-hybridized carbons (Fsp3) is 0.364. The van der Waals surface area contributed by atoms with Crippen molar-refractivity contribution in [1.29, 1.82) is 0 Å². The molecule has 0 spiro atoms. The van der Waals surface area contributed by atoms with Crippen LogP contribution >= 0.6 is 0 Å². The summed E-state index contributed by atoms with van der Waals surface area (Å²) in [5.41, 5.74) is 0.909. The third-order valence-electron chi connectivity index (χ3n) is 2.24. The molecule has 1 saturated carbocycles. The van der Waals surface area contributed by atoms with Gasteiger partial charge in [-0.25, -0.2) is 0 Å². The van der Waals surface area contributed by atoms with Gasteiger partial charge in [0.1, 0.15) is 0 Å². The minimum Gasteiger partial charge on any atom is -0.384 e. The van der Waals surface area contributed by atoms with E-state index in [9.17, 15) is 5.11 Å². The lowest BCUT2D eigenvalue weighted by Crippen LogP contribution is -1.92. The number of rotatable bonds is 3. The summed E-state index contributed by atoms with van der Waals surface area (Å²) in [6.07, 6.45) is 9.45. The van der Waals surface area contributed by atoms with E-state index in [0.29, 0.717) is 0 Å². The Morgan fingerprint density at radius 1 is 1.38 bits per heavy atom. The highest BCUT2D eigenvalue weighted by molar-refractivity contribution is 5.18. The lowest BCUT2D eigenvalue weighted by atomic mass is 10.1. The SMILES string of the molecule is OC(/C=C/C1CC1)c1ccncc1. The first-order chi connectivity index (χ1) is 6.36. The molecule has 1 heterocycles. The molecule has 1 aliphatic carbocycles. The number of hydrogen-bond acceptors (Lipinski definition) is 2. The van der Waals surface area contributed by atoms with E-state index >= 15 is 0 Å². The molecule has 13 heavy (non-hydrogen) atoms. The van der Waals surface area contributed by atoms with E-state index in [4.69, 9.17) is 0 Å². The average Bonchev–Trinajstić information content (AvgIpc) is 2.99. The molecule has 2 heteroatoms. The quantitative estimate of drug-likeness (QED) is 0.713. The molecule has 2 nitrogen and oxygen atoms in total. The van der Waals surface area contributed by atoms with Crippen LogP contribution < -0.4 is 0 Å². The molecule has 0 aliphatic heterocycles. The van der Waals surface area contributed by atoms with Crippen molar-refractivity contribution in [3.8, 4) is 0 Å². The molecule has 2 rings (SSSR count). The highest BCUT2D eigenvalue weighted by atomic mass is 16.3. The van der Waals surface area contributed by atoms with Gasteiger partial charge in [-0.2, -0.15) is 0 Å². The maximum Gasteiger partial charge on any atom is 0.0972 e. The highest BCUT2D eigenvalue weighted by Gasteiger charge is 2.17. The van der Waals surface area contributed by atoms with E-state index in [1.54, 1.807) is 12.4 Å². The molecule has 1 aromatic rings. The van der Waals surface area contributed by atoms with Crippen molar-refractivity contribution < 1.29 is 5.11 Å². The zero-order chi connectivity index (χ0) is 9.10. The average molecular weight is 175 g/mol. The second-order valence-electron chi connectivity index (χ2n) is 3.45. The number of aliphatic hydroxyl groups is 1. The predicted molar refractivity (Wildman–Crippen MR) is 51.1 cm³/mol. The molecule has 1 N–H and O–H groups in total. The monoisotopic (exact) mass is 175 g/mol. The highest BCUT2D eigenvalue weighted by Crippen LogP contribution is 2.31. The number of hydrogen-bond donors (Lipinski definition) is 1. The molecule has 0 aromatic carbocycles. The minimum absolute atomic E-state index is 0.469. The lowest BCUT2D eigenvalue weighted by molar-refractivity contribution is 0.228. The molecule has 1 atom stereocenters. The van der Waals surface area contributed by atoms with Gasteiger partial charge >= 0.3 is 0 Å². The first kappa shape index (κ1) is 8.45. The molecule has 1 aliphatic rings. The van der Waals surface area contributed by atoms with Crippen molar-refractivity contribution in [3.05, 3.63) is 42.2 Å². The Hall–Kier alpha value is -1.15. The Labute approximate surface area is 77.9 Å². The van der Waals surface area contributed by atoms with Gasteiger partial charge in [0.2, 0.25) is 0 Å². The molecule has 1 unspecified atom stereocenters. The summed E-state index contributed by atoms with van der Waals surface area (Å²) in [6, 6.07) is 3.67. The van der Waals surface area contributed by atoms with E-state index in [0.717, 1.165) is 11.5 Å². The Kier molecular flexibility index (Phi) is 2.41. The van der Waals surface area contributed by atoms with Crippen molar-refractivity contribution in [3.63, 3.8) is 0 Å². The van der Waals surface area contributed by atoms with Crippen molar-refractivity contribution in [1.82, 2.24) is 4.98 Å². The summed E-state index contributed by atoms with van der Waals surface area (Å²) in [4.78, 5) is 3.90. The normalized spacial score (nSPS) is 19.2. The number of nitrogens with zero attached hydrogens (tertiary/aromatic N) is 1. The summed E-state index contributed by atoms with van der Waals surface area (Å²) in [7, 11) is 0. The number of aliphatic hydroxyl groups excluding tert-OH is 1. The Balaban J connectivity index is 1.99. The van der Waals surface area contributed by atoms with Gasteiger partial charge < -0.3 is 5.11 Å². The summed E-state index contributed by atoms with van der Waals surface area (Å²) in [5.74, 6) is 0.719. The maximum atomic E-state index is 9.68. The molecule has 0 radical (unpaired) electrons. The molecule has 0 amide bonds. The van der Waals surface area contributed by atoms with E-state index in [1.165, 1.54) is 12.8 Å². The molecule has 68 valence electrons. The fourth-order valence-electron chi connectivity index (χ4n) is 1.22. The second-order valence-corrected chi connectivity index (χ2v) is 3.45. The van der Waals surface area contributed by atoms with Crippen LogP contribution in [0, 0.1) is 5.92 Å². The van der Waals surface area contributed by atoms with Crippen LogP contribution in [0.5, 0.6) is 0 Å². The molecule has 1 aromatic heterocycles. The topological polar surface area (TPSA) is 33.1 Å². The fourth-order valence-corrected chi connectivity index (χ4v) is 1.22. The number of allylic oxidation sites excluding steroid dienone is 1. The molecule has 0 saturated heterocycles. The zero-order valence-corrected chi connectivity index (χ0v) is 7.43. The van der Waals surface area contributed by atoms with Crippen LogP contribution in [0.25, 0.3) is 0 Å². The van der Waals surface area contributed by atoms with Crippen molar-refractivity contribution in [2.75, 3.05) is 0 Å². The van der Waals surface area contributed by atoms with Crippen molar-refractivity contribution in [2.45, 2.75) is 18.9 Å².